The fourth-order valence-electron chi connectivity index (χ4n) is 4.40. The SMILES string of the molecule is Cc1nc(OCC2=NOC(=O)C2)c(C)c(C)c1Cc1ccc(O)c(C2CCCCC2)n1. The van der Waals surface area contributed by atoms with E-state index in [4.69, 9.17) is 9.72 Å². The van der Waals surface area contributed by atoms with Crippen LogP contribution in [0, 0.1) is 20.8 Å². The highest BCUT2D eigenvalue weighted by Crippen LogP contribution is 2.36. The number of hydrogen-bond acceptors (Lipinski definition) is 7. The summed E-state index contributed by atoms with van der Waals surface area (Å²) in [5.74, 6) is 0.836. The monoisotopic (exact) mass is 423 g/mol. The lowest BCUT2D eigenvalue weighted by molar-refractivity contribution is -0.140. The van der Waals surface area contributed by atoms with Crippen LogP contribution in [-0.2, 0) is 16.1 Å². The lowest BCUT2D eigenvalue weighted by Gasteiger charge is -2.22. The average molecular weight is 424 g/mol. The number of ether oxygens (including phenoxy) is 1. The number of aromatic nitrogens is 2. The normalized spacial score (nSPS) is 16.9. The van der Waals surface area contributed by atoms with Crippen LogP contribution in [0.3, 0.4) is 0 Å². The third-order valence-electron chi connectivity index (χ3n) is 6.35. The van der Waals surface area contributed by atoms with Crippen molar-refractivity contribution in [3.63, 3.8) is 0 Å². The van der Waals surface area contributed by atoms with Crippen LogP contribution in [0.25, 0.3) is 0 Å². The number of carbonyl (C=O) groups excluding carboxylic acids is 1. The van der Waals surface area contributed by atoms with Crippen LogP contribution in [-0.4, -0.2) is 33.4 Å². The Labute approximate surface area is 182 Å². The van der Waals surface area contributed by atoms with E-state index in [9.17, 15) is 9.90 Å². The van der Waals surface area contributed by atoms with Crippen molar-refractivity contribution in [3.05, 3.63) is 45.9 Å². The molecule has 0 spiro atoms. The minimum atomic E-state index is -0.361. The Morgan fingerprint density at radius 3 is 2.58 bits per heavy atom. The molecule has 1 fully saturated rings. The molecule has 1 saturated carbocycles. The van der Waals surface area contributed by atoms with E-state index in [0.717, 1.165) is 46.6 Å². The van der Waals surface area contributed by atoms with Gasteiger partial charge in [-0.1, -0.05) is 24.4 Å². The molecule has 7 nitrogen and oxygen atoms in total. The van der Waals surface area contributed by atoms with E-state index in [0.29, 0.717) is 29.7 Å². The molecule has 1 aliphatic heterocycles. The smallest absolute Gasteiger partial charge is 0.340 e. The number of rotatable bonds is 6. The summed E-state index contributed by atoms with van der Waals surface area (Å²) in [7, 11) is 0. The standard InChI is InChI=1S/C24H29N3O4/c1-14-15(2)24(30-13-19-12-22(29)31-27-19)25-16(3)20(14)11-18-9-10-21(28)23(26-18)17-7-5-4-6-8-17/h9-10,17,28H,4-8,11-13H2,1-3H3. The molecule has 2 aromatic heterocycles. The van der Waals surface area contributed by atoms with E-state index in [1.807, 2.05) is 19.9 Å². The zero-order valence-corrected chi connectivity index (χ0v) is 18.4. The Balaban J connectivity index is 1.53. The molecule has 3 heterocycles. The van der Waals surface area contributed by atoms with Gasteiger partial charge in [-0.25, -0.2) is 9.78 Å². The van der Waals surface area contributed by atoms with Crippen LogP contribution in [0.1, 0.15) is 78.2 Å². The topological polar surface area (TPSA) is 93.9 Å². The molecule has 0 atom stereocenters. The molecule has 0 amide bonds. The van der Waals surface area contributed by atoms with Gasteiger partial charge in [0.05, 0.1) is 12.1 Å². The highest BCUT2D eigenvalue weighted by atomic mass is 16.7. The second kappa shape index (κ2) is 9.04. The maximum absolute atomic E-state index is 11.2. The molecule has 4 rings (SSSR count). The van der Waals surface area contributed by atoms with Crippen molar-refractivity contribution in [1.82, 2.24) is 9.97 Å². The maximum atomic E-state index is 11.2. The molecular formula is C24H29N3O4. The molecule has 2 aliphatic rings. The number of oxime groups is 1. The molecule has 0 aromatic carbocycles. The van der Waals surface area contributed by atoms with Crippen molar-refractivity contribution in [2.24, 2.45) is 5.16 Å². The molecule has 0 saturated heterocycles. The lowest BCUT2D eigenvalue weighted by atomic mass is 9.86. The fourth-order valence-corrected chi connectivity index (χ4v) is 4.40. The van der Waals surface area contributed by atoms with E-state index >= 15 is 0 Å². The Bertz CT molecular complexity index is 1030. The highest BCUT2D eigenvalue weighted by molar-refractivity contribution is 6.02. The summed E-state index contributed by atoms with van der Waals surface area (Å²) < 4.78 is 5.83. The summed E-state index contributed by atoms with van der Waals surface area (Å²) >= 11 is 0. The van der Waals surface area contributed by atoms with Gasteiger partial charge in [0.2, 0.25) is 5.88 Å². The predicted molar refractivity (Wildman–Crippen MR) is 117 cm³/mol. The molecule has 31 heavy (non-hydrogen) atoms. The first kappa shape index (κ1) is 21.3. The van der Waals surface area contributed by atoms with Gasteiger partial charge >= 0.3 is 5.97 Å². The van der Waals surface area contributed by atoms with Gasteiger partial charge in [0.1, 0.15) is 18.1 Å². The molecule has 0 radical (unpaired) electrons. The second-order valence-electron chi connectivity index (χ2n) is 8.54. The Kier molecular flexibility index (Phi) is 6.20. The molecule has 7 heteroatoms. The molecule has 2 aromatic rings. The Morgan fingerprint density at radius 2 is 1.87 bits per heavy atom. The first-order valence-electron chi connectivity index (χ1n) is 11.0. The van der Waals surface area contributed by atoms with Gasteiger partial charge in [0.25, 0.3) is 0 Å². The van der Waals surface area contributed by atoms with Crippen molar-refractivity contribution >= 4 is 11.7 Å². The van der Waals surface area contributed by atoms with E-state index in [1.165, 1.54) is 19.3 Å². The third kappa shape index (κ3) is 4.70. The predicted octanol–water partition coefficient (Wildman–Crippen LogP) is 4.43. The summed E-state index contributed by atoms with van der Waals surface area (Å²) in [6, 6.07) is 3.68. The van der Waals surface area contributed by atoms with Crippen LogP contribution in [0.2, 0.25) is 0 Å². The summed E-state index contributed by atoms with van der Waals surface area (Å²) in [5, 5.41) is 14.1. The molecule has 0 unspecified atom stereocenters. The minimum Gasteiger partial charge on any atom is -0.506 e. The average Bonchev–Trinajstić information content (AvgIpc) is 3.19. The van der Waals surface area contributed by atoms with Crippen molar-refractivity contribution in [2.75, 3.05) is 6.61 Å². The number of aryl methyl sites for hydroxylation is 1. The molecule has 1 aliphatic carbocycles. The summed E-state index contributed by atoms with van der Waals surface area (Å²) in [6.07, 6.45) is 6.67. The Morgan fingerprint density at radius 1 is 1.10 bits per heavy atom. The number of carbonyl (C=O) groups is 1. The lowest BCUT2D eigenvalue weighted by Crippen LogP contribution is -2.14. The summed E-state index contributed by atoms with van der Waals surface area (Å²) in [5.41, 5.74) is 6.41. The zero-order chi connectivity index (χ0) is 22.0. The van der Waals surface area contributed by atoms with Crippen LogP contribution >= 0.6 is 0 Å². The van der Waals surface area contributed by atoms with Gasteiger partial charge < -0.3 is 14.7 Å². The third-order valence-corrected chi connectivity index (χ3v) is 6.35. The van der Waals surface area contributed by atoms with Crippen LogP contribution in [0.5, 0.6) is 11.6 Å². The van der Waals surface area contributed by atoms with Crippen molar-refractivity contribution in [1.29, 1.82) is 0 Å². The first-order chi connectivity index (χ1) is 14.9. The van der Waals surface area contributed by atoms with Crippen molar-refractivity contribution in [3.8, 4) is 11.6 Å². The minimum absolute atomic E-state index is 0.158. The van der Waals surface area contributed by atoms with Crippen LogP contribution in [0.4, 0.5) is 0 Å². The van der Waals surface area contributed by atoms with Gasteiger partial charge in [-0.3, -0.25) is 4.98 Å². The Hall–Kier alpha value is -2.96. The summed E-state index contributed by atoms with van der Waals surface area (Å²) in [6.45, 7) is 6.20. The molecule has 1 N–H and O–H groups in total. The van der Waals surface area contributed by atoms with E-state index < -0.39 is 0 Å². The maximum Gasteiger partial charge on any atom is 0.340 e. The van der Waals surface area contributed by atoms with Gasteiger partial charge in [0, 0.05) is 29.3 Å². The first-order valence-corrected chi connectivity index (χ1v) is 11.0. The van der Waals surface area contributed by atoms with Gasteiger partial charge in [-0.2, -0.15) is 0 Å². The second-order valence-corrected chi connectivity index (χ2v) is 8.54. The van der Waals surface area contributed by atoms with Crippen molar-refractivity contribution in [2.45, 2.75) is 71.6 Å². The van der Waals surface area contributed by atoms with Gasteiger partial charge in [-0.15, -0.1) is 0 Å². The number of hydrogen-bond donors (Lipinski definition) is 1. The highest BCUT2D eigenvalue weighted by Gasteiger charge is 2.22. The largest absolute Gasteiger partial charge is 0.506 e. The number of aromatic hydroxyl groups is 1. The molecular weight excluding hydrogens is 394 g/mol. The van der Waals surface area contributed by atoms with Crippen molar-refractivity contribution < 1.29 is 19.5 Å². The van der Waals surface area contributed by atoms with Crippen LogP contribution in [0.15, 0.2) is 17.3 Å². The number of pyridine rings is 2. The molecule has 0 bridgehead atoms. The van der Waals surface area contributed by atoms with Gasteiger partial charge in [0.15, 0.2) is 0 Å². The number of nitrogens with zero attached hydrogens (tertiary/aromatic N) is 3. The molecule has 164 valence electrons. The van der Waals surface area contributed by atoms with Crippen LogP contribution < -0.4 is 4.74 Å². The quantitative estimate of drug-likeness (QED) is 0.691. The van der Waals surface area contributed by atoms with E-state index in [-0.39, 0.29) is 19.0 Å². The van der Waals surface area contributed by atoms with Gasteiger partial charge in [-0.05, 0) is 56.9 Å². The van der Waals surface area contributed by atoms with E-state index in [2.05, 4.69) is 21.9 Å². The fraction of sp³-hybridized carbons (Fsp3) is 0.500. The van der Waals surface area contributed by atoms with E-state index in [1.54, 1.807) is 6.07 Å². The zero-order valence-electron chi connectivity index (χ0n) is 18.4. The summed E-state index contributed by atoms with van der Waals surface area (Å²) in [4.78, 5) is 25.3.